The lowest BCUT2D eigenvalue weighted by molar-refractivity contribution is 0.297. The van der Waals surface area contributed by atoms with Crippen LogP contribution in [0.3, 0.4) is 0 Å². The van der Waals surface area contributed by atoms with Gasteiger partial charge in [-0.3, -0.25) is 0 Å². The fraction of sp³-hybridized carbons (Fsp3) is 0.636. The van der Waals surface area contributed by atoms with Crippen molar-refractivity contribution >= 4 is 19.7 Å². The van der Waals surface area contributed by atoms with Crippen LogP contribution in [0.15, 0.2) is 46.2 Å². The highest BCUT2D eigenvalue weighted by atomic mass is 32.3. The molecule has 2 rings (SSSR count). The van der Waals surface area contributed by atoms with Crippen LogP contribution in [0, 0.1) is 0 Å². The minimum absolute atomic E-state index is 0.0852. The Kier molecular flexibility index (Phi) is 12.8. The maximum atomic E-state index is 13.9. The molecule has 0 spiro atoms. The van der Waals surface area contributed by atoms with E-state index in [4.69, 9.17) is 9.47 Å². The second-order valence-electron chi connectivity index (χ2n) is 13.0. The van der Waals surface area contributed by atoms with Crippen LogP contribution in [-0.2, 0) is 30.5 Å². The first-order valence-corrected chi connectivity index (χ1v) is 18.3. The highest BCUT2D eigenvalue weighted by Crippen LogP contribution is 2.36. The molecule has 0 N–H and O–H groups in total. The van der Waals surface area contributed by atoms with E-state index in [1.807, 2.05) is 53.7 Å². The Hall–Kier alpha value is -2.06. The van der Waals surface area contributed by atoms with Crippen LogP contribution in [0.25, 0.3) is 0 Å². The molecule has 41 heavy (non-hydrogen) atoms. The summed E-state index contributed by atoms with van der Waals surface area (Å²) < 4.78 is 67.4. The van der Waals surface area contributed by atoms with Gasteiger partial charge in [0.1, 0.15) is 21.3 Å². The molecule has 2 aromatic rings. The third kappa shape index (κ3) is 10.6. The van der Waals surface area contributed by atoms with Crippen LogP contribution < -0.4 is 9.47 Å². The zero-order valence-corrected chi connectivity index (χ0v) is 28.1. The molecule has 0 saturated carbocycles. The van der Waals surface area contributed by atoms with Gasteiger partial charge < -0.3 is 9.47 Å². The Balaban J connectivity index is 2.50. The van der Waals surface area contributed by atoms with Crippen LogP contribution in [0.2, 0.25) is 0 Å². The van der Waals surface area contributed by atoms with Gasteiger partial charge in [-0.1, -0.05) is 106 Å². The Morgan fingerprint density at radius 1 is 0.561 bits per heavy atom. The summed E-state index contributed by atoms with van der Waals surface area (Å²) in [6.07, 6.45) is 7.88. The van der Waals surface area contributed by atoms with Crippen molar-refractivity contribution in [3.8, 4) is 11.5 Å². The lowest BCUT2D eigenvalue weighted by atomic mass is 9.87. The van der Waals surface area contributed by atoms with Crippen LogP contribution in [-0.4, -0.2) is 35.1 Å². The fourth-order valence-electron chi connectivity index (χ4n) is 4.43. The topological polar surface area (TPSA) is 86.7 Å². The smallest absolute Gasteiger partial charge is 0.196 e. The summed E-state index contributed by atoms with van der Waals surface area (Å²) in [5.41, 5.74) is 0.918. The second-order valence-corrected chi connectivity index (χ2v) is 17.3. The van der Waals surface area contributed by atoms with E-state index >= 15 is 0 Å². The number of unbranched alkanes of at least 4 members (excludes halogenated alkanes) is 6. The van der Waals surface area contributed by atoms with E-state index in [1.165, 1.54) is 0 Å². The van der Waals surface area contributed by atoms with Crippen molar-refractivity contribution in [2.75, 3.05) is 18.3 Å². The predicted octanol–water partition coefficient (Wildman–Crippen LogP) is 8.40. The van der Waals surface area contributed by atoms with E-state index in [9.17, 15) is 16.8 Å². The molecule has 0 bridgehead atoms. The molecular weight excluding hydrogens is 556 g/mol. The molecule has 6 nitrogen and oxygen atoms in total. The van der Waals surface area contributed by atoms with E-state index in [1.54, 1.807) is 24.3 Å². The molecule has 0 aliphatic carbocycles. The Morgan fingerprint density at radius 2 is 0.927 bits per heavy atom. The molecule has 2 aromatic carbocycles. The SMILES string of the molecule is CCCCCCOc1ccc(C(C)(C)C)cc1S(=O)(=O)CS(=O)(=O)c1cc(C(C)(C)C)ccc1OCCCCCC. The normalized spacial score (nSPS) is 12.9. The summed E-state index contributed by atoms with van der Waals surface area (Å²) in [5, 5.41) is -1.07. The highest BCUT2D eigenvalue weighted by molar-refractivity contribution is 8.08. The van der Waals surface area contributed by atoms with Crippen LogP contribution in [0.1, 0.15) is 118 Å². The zero-order chi connectivity index (χ0) is 30.9. The summed E-state index contributed by atoms with van der Waals surface area (Å²) in [5.74, 6) is 0.390. The average molecular weight is 609 g/mol. The molecule has 0 aliphatic rings. The first-order valence-electron chi connectivity index (χ1n) is 15.0. The third-order valence-corrected chi connectivity index (χ3v) is 11.6. The van der Waals surface area contributed by atoms with Crippen molar-refractivity contribution < 1.29 is 26.3 Å². The molecule has 0 radical (unpaired) electrons. The average Bonchev–Trinajstić information content (AvgIpc) is 2.86. The molecule has 0 aromatic heterocycles. The summed E-state index contributed by atoms with van der Waals surface area (Å²) in [6.45, 7) is 16.9. The first kappa shape index (κ1) is 35.1. The minimum atomic E-state index is -4.29. The van der Waals surface area contributed by atoms with Gasteiger partial charge in [-0.2, -0.15) is 0 Å². The second kappa shape index (κ2) is 14.9. The molecular formula is C33H52O6S2. The van der Waals surface area contributed by atoms with Crippen molar-refractivity contribution in [2.45, 2.75) is 127 Å². The zero-order valence-electron chi connectivity index (χ0n) is 26.5. The van der Waals surface area contributed by atoms with Crippen molar-refractivity contribution in [3.05, 3.63) is 47.5 Å². The number of rotatable bonds is 16. The summed E-state index contributed by atoms with van der Waals surface area (Å²) in [6, 6.07) is 10.2. The monoisotopic (exact) mass is 608 g/mol. The number of ether oxygens (including phenoxy) is 2. The Morgan fingerprint density at radius 3 is 1.24 bits per heavy atom. The van der Waals surface area contributed by atoms with E-state index < -0.39 is 24.8 Å². The van der Waals surface area contributed by atoms with Gasteiger partial charge in [-0.05, 0) is 59.1 Å². The standard InChI is InChI=1S/C33H52O6S2/c1-9-11-13-15-21-38-28-19-17-26(32(3,4)5)23-30(28)40(34,35)25-41(36,37)31-24-27(33(6,7)8)18-20-29(31)39-22-16-14-12-10-2/h17-20,23-24H,9-16,21-22,25H2,1-8H3. The number of sulfone groups is 2. The molecule has 8 heteroatoms. The van der Waals surface area contributed by atoms with E-state index in [0.29, 0.717) is 13.2 Å². The third-order valence-electron chi connectivity index (χ3n) is 7.11. The highest BCUT2D eigenvalue weighted by Gasteiger charge is 2.33. The van der Waals surface area contributed by atoms with Gasteiger partial charge in [0.05, 0.1) is 13.2 Å². The van der Waals surface area contributed by atoms with Gasteiger partial charge in [0.15, 0.2) is 24.8 Å². The lowest BCUT2D eigenvalue weighted by Crippen LogP contribution is -2.21. The van der Waals surface area contributed by atoms with Crippen LogP contribution in [0.5, 0.6) is 11.5 Å². The molecule has 0 saturated heterocycles. The van der Waals surface area contributed by atoms with Crippen molar-refractivity contribution in [3.63, 3.8) is 0 Å². The van der Waals surface area contributed by atoms with Gasteiger partial charge in [0.25, 0.3) is 0 Å². The first-order chi connectivity index (χ1) is 19.0. The maximum absolute atomic E-state index is 13.9. The number of benzene rings is 2. The van der Waals surface area contributed by atoms with E-state index in [2.05, 4.69) is 13.8 Å². The van der Waals surface area contributed by atoms with E-state index in [0.717, 1.165) is 62.5 Å². The maximum Gasteiger partial charge on any atom is 0.196 e. The quantitative estimate of drug-likeness (QED) is 0.178. The molecule has 0 fully saturated rings. The van der Waals surface area contributed by atoms with Crippen molar-refractivity contribution in [2.24, 2.45) is 0 Å². The molecule has 0 atom stereocenters. The Bertz CT molecular complexity index is 1230. The predicted molar refractivity (Wildman–Crippen MR) is 169 cm³/mol. The molecule has 0 heterocycles. The largest absolute Gasteiger partial charge is 0.492 e. The fourth-order valence-corrected chi connectivity index (χ4v) is 8.56. The Labute approximate surface area is 250 Å². The molecule has 0 amide bonds. The van der Waals surface area contributed by atoms with Gasteiger partial charge in [0, 0.05) is 0 Å². The van der Waals surface area contributed by atoms with Crippen molar-refractivity contribution in [1.29, 1.82) is 0 Å². The van der Waals surface area contributed by atoms with Gasteiger partial charge in [-0.25, -0.2) is 16.8 Å². The van der Waals surface area contributed by atoms with Crippen LogP contribution >= 0.6 is 0 Å². The minimum Gasteiger partial charge on any atom is -0.492 e. The van der Waals surface area contributed by atoms with Crippen LogP contribution in [0.4, 0.5) is 0 Å². The van der Waals surface area contributed by atoms with Gasteiger partial charge in [-0.15, -0.1) is 0 Å². The van der Waals surface area contributed by atoms with Crippen molar-refractivity contribution in [1.82, 2.24) is 0 Å². The molecule has 0 aliphatic heterocycles. The number of hydrogen-bond donors (Lipinski definition) is 0. The molecule has 232 valence electrons. The summed E-state index contributed by atoms with van der Waals surface area (Å²) in [7, 11) is -8.59. The lowest BCUT2D eigenvalue weighted by Gasteiger charge is -2.22. The number of hydrogen-bond acceptors (Lipinski definition) is 6. The molecule has 0 unspecified atom stereocenters. The van der Waals surface area contributed by atoms with Gasteiger partial charge in [0.2, 0.25) is 0 Å². The summed E-state index contributed by atoms with van der Waals surface area (Å²) in [4.78, 5) is -0.170. The van der Waals surface area contributed by atoms with E-state index in [-0.39, 0.29) is 32.1 Å². The summed E-state index contributed by atoms with van der Waals surface area (Å²) >= 11 is 0. The van der Waals surface area contributed by atoms with Gasteiger partial charge >= 0.3 is 0 Å².